The van der Waals surface area contributed by atoms with Gasteiger partial charge in [-0.1, -0.05) is 89.1 Å². The molecular weight excluding hydrogens is 773 g/mol. The van der Waals surface area contributed by atoms with Crippen molar-refractivity contribution in [2.45, 2.75) is 91.1 Å². The SMILES string of the molecule is C1CCSCC1.CC.CCC.COC(=O)NCC(=O)N1CCCC1c1ncc(-c2ccc3cc(-c4ccc(-c5cnc(C6CCCN6C)[nH]5)cc4)ccc3c2)[nH]1.NCC=O. The molecule has 2 unspecified atom stereocenters. The molecule has 324 valence electrons. The third-order valence-electron chi connectivity index (χ3n) is 10.3. The van der Waals surface area contributed by atoms with Crippen molar-refractivity contribution in [2.24, 2.45) is 5.73 Å². The second kappa shape index (κ2) is 25.6. The van der Waals surface area contributed by atoms with Crippen LogP contribution in [0.4, 0.5) is 4.79 Å². The van der Waals surface area contributed by atoms with Crippen LogP contribution in [-0.2, 0) is 14.3 Å². The van der Waals surface area contributed by atoms with Crippen LogP contribution in [0.15, 0.2) is 73.1 Å². The molecule has 12 nitrogen and oxygen atoms in total. The molecule has 2 atom stereocenters. The van der Waals surface area contributed by atoms with Crippen LogP contribution in [0.25, 0.3) is 44.4 Å². The Bertz CT molecular complexity index is 2030. The first-order valence-corrected chi connectivity index (χ1v) is 22.7. The van der Waals surface area contributed by atoms with Crippen molar-refractivity contribution < 1.29 is 19.1 Å². The number of aldehydes is 1. The van der Waals surface area contributed by atoms with Crippen LogP contribution in [0, 0.1) is 0 Å². The van der Waals surface area contributed by atoms with Crippen molar-refractivity contribution in [3.05, 3.63) is 84.7 Å². The number of aromatic amines is 2. The van der Waals surface area contributed by atoms with Gasteiger partial charge in [-0.15, -0.1) is 0 Å². The predicted molar refractivity (Wildman–Crippen MR) is 247 cm³/mol. The summed E-state index contributed by atoms with van der Waals surface area (Å²) in [6.45, 7) is 10.0. The number of alkyl carbamates (subject to hydrolysis) is 1. The quantitative estimate of drug-likeness (QED) is 0.112. The van der Waals surface area contributed by atoms with Crippen molar-refractivity contribution in [3.63, 3.8) is 0 Å². The molecule has 3 aromatic carbocycles. The van der Waals surface area contributed by atoms with E-state index < -0.39 is 6.09 Å². The van der Waals surface area contributed by atoms with Gasteiger partial charge in [0.2, 0.25) is 5.91 Å². The number of nitrogens with one attached hydrogen (secondary N) is 3. The largest absolute Gasteiger partial charge is 0.453 e. The summed E-state index contributed by atoms with van der Waals surface area (Å²) in [4.78, 5) is 53.6. The Morgan fingerprint density at radius 1 is 0.800 bits per heavy atom. The molecular formula is C47H66N8O4S. The molecule has 3 aliphatic rings. The standard InChI is InChI=1S/C35H37N7O3.C5H10S.C3H8.C2H5NO.C2H6/c1-41-15-3-5-30(41)33-36-19-28(39-33)23-9-7-22(8-10-23)24-11-12-26-18-27(14-13-25(26)17-24)29-20-37-34(40-29)31-6-4-16-42(31)32(43)21-38-35(44)45-2;1-2-4-6-5-3-1;1-3-2;3-1-2-4;1-2/h7-14,17-20,30-31H,3-6,15-16,21H2,1-2H3,(H,36,39)(H,37,40)(H,38,44);1-5H2;3H2,1-2H3;2H,1,3H2;1-2H3. The number of H-pyrrole nitrogens is 2. The number of hydrogen-bond donors (Lipinski definition) is 4. The lowest BCUT2D eigenvalue weighted by molar-refractivity contribution is -0.131. The Morgan fingerprint density at radius 2 is 1.32 bits per heavy atom. The van der Waals surface area contributed by atoms with Crippen LogP contribution in [-0.4, -0.2) is 99.9 Å². The summed E-state index contributed by atoms with van der Waals surface area (Å²) in [5, 5.41) is 4.77. The van der Waals surface area contributed by atoms with Gasteiger partial charge in [-0.2, -0.15) is 11.8 Å². The number of methoxy groups -OCH3 is 1. The van der Waals surface area contributed by atoms with E-state index in [2.05, 4.69) is 134 Å². The van der Waals surface area contributed by atoms with E-state index >= 15 is 0 Å². The molecule has 5 heterocycles. The molecule has 0 saturated carbocycles. The zero-order valence-corrected chi connectivity index (χ0v) is 37.3. The summed E-state index contributed by atoms with van der Waals surface area (Å²) in [6.07, 6.45) is 13.5. The molecule has 13 heteroatoms. The Balaban J connectivity index is 0.000000456. The van der Waals surface area contributed by atoms with Crippen molar-refractivity contribution in [1.82, 2.24) is 35.1 Å². The maximum atomic E-state index is 12.7. The van der Waals surface area contributed by atoms with Crippen molar-refractivity contribution in [1.29, 1.82) is 0 Å². The molecule has 0 bridgehead atoms. The number of thioether (sulfide) groups is 1. The zero-order chi connectivity index (χ0) is 43.3. The van der Waals surface area contributed by atoms with E-state index in [1.165, 1.54) is 50.7 Å². The van der Waals surface area contributed by atoms with Crippen molar-refractivity contribution in [2.75, 3.05) is 51.8 Å². The van der Waals surface area contributed by atoms with E-state index in [0.717, 1.165) is 81.9 Å². The fourth-order valence-electron chi connectivity index (χ4n) is 7.35. The number of aromatic nitrogens is 4. The number of nitrogens with two attached hydrogens (primary N) is 1. The number of amides is 2. The van der Waals surface area contributed by atoms with Crippen LogP contribution in [0.1, 0.15) is 103 Å². The third kappa shape index (κ3) is 13.5. The second-order valence-corrected chi connectivity index (χ2v) is 16.0. The van der Waals surface area contributed by atoms with Gasteiger partial charge in [0, 0.05) is 18.7 Å². The molecule has 60 heavy (non-hydrogen) atoms. The van der Waals surface area contributed by atoms with Gasteiger partial charge in [-0.25, -0.2) is 14.8 Å². The van der Waals surface area contributed by atoms with Crippen molar-refractivity contribution >= 4 is 40.8 Å². The molecule has 0 spiro atoms. The number of carbonyl (C=O) groups is 3. The van der Waals surface area contributed by atoms with E-state index in [0.29, 0.717) is 18.9 Å². The highest BCUT2D eigenvalue weighted by atomic mass is 32.2. The molecule has 8 rings (SSSR count). The summed E-state index contributed by atoms with van der Waals surface area (Å²) >= 11 is 2.09. The third-order valence-corrected chi connectivity index (χ3v) is 11.5. The minimum Gasteiger partial charge on any atom is -0.453 e. The first kappa shape index (κ1) is 47.7. The van der Waals surface area contributed by atoms with Gasteiger partial charge in [0.05, 0.1) is 43.0 Å². The lowest BCUT2D eigenvalue weighted by Crippen LogP contribution is -2.40. The first-order chi connectivity index (χ1) is 29.3. The maximum absolute atomic E-state index is 12.7. The van der Waals surface area contributed by atoms with E-state index in [1.807, 2.05) is 26.2 Å². The number of hydrogen-bond acceptors (Lipinski definition) is 9. The molecule has 3 fully saturated rings. The maximum Gasteiger partial charge on any atom is 0.407 e. The number of nitrogens with zero attached hydrogens (tertiary/aromatic N) is 4. The van der Waals surface area contributed by atoms with E-state index in [9.17, 15) is 9.59 Å². The zero-order valence-electron chi connectivity index (χ0n) is 36.5. The van der Waals surface area contributed by atoms with Gasteiger partial charge in [0.1, 0.15) is 24.5 Å². The molecule has 3 saturated heterocycles. The Kier molecular flexibility index (Phi) is 20.3. The summed E-state index contributed by atoms with van der Waals surface area (Å²) in [5.41, 5.74) is 11.1. The number of rotatable bonds is 8. The lowest BCUT2D eigenvalue weighted by Gasteiger charge is -2.23. The number of fused-ring (bicyclic) bond motifs is 1. The fourth-order valence-corrected chi connectivity index (χ4v) is 8.37. The number of benzene rings is 3. The minimum absolute atomic E-state index is 0.100. The average molecular weight is 839 g/mol. The van der Waals surface area contributed by atoms with Gasteiger partial charge < -0.3 is 35.4 Å². The van der Waals surface area contributed by atoms with Crippen LogP contribution in [0.2, 0.25) is 0 Å². The Hall–Kier alpha value is -4.98. The second-order valence-electron chi connectivity index (χ2n) is 14.7. The summed E-state index contributed by atoms with van der Waals surface area (Å²) < 4.78 is 4.58. The number of likely N-dealkylation sites (tertiary alicyclic amines) is 2. The Morgan fingerprint density at radius 3 is 1.85 bits per heavy atom. The summed E-state index contributed by atoms with van der Waals surface area (Å²) in [7, 11) is 3.44. The molecule has 3 aliphatic heterocycles. The average Bonchev–Trinajstić information content (AvgIpc) is 4.15. The normalized spacial score (nSPS) is 17.1. The number of ether oxygens (including phenoxy) is 1. The topological polar surface area (TPSA) is 162 Å². The Labute approximate surface area is 360 Å². The molecule has 0 aliphatic carbocycles. The highest BCUT2D eigenvalue weighted by Gasteiger charge is 2.32. The van der Waals surface area contributed by atoms with Gasteiger partial charge in [-0.05, 0) is 103 Å². The minimum atomic E-state index is -0.618. The van der Waals surface area contributed by atoms with Crippen LogP contribution in [0.5, 0.6) is 0 Å². The number of carbonyl (C=O) groups excluding carboxylic acids is 3. The summed E-state index contributed by atoms with van der Waals surface area (Å²) in [5.74, 6) is 4.49. The van der Waals surface area contributed by atoms with E-state index in [1.54, 1.807) is 4.90 Å². The molecule has 0 radical (unpaired) electrons. The molecule has 5 aromatic rings. The molecule has 2 amide bonds. The first-order valence-electron chi connectivity index (χ1n) is 21.6. The van der Waals surface area contributed by atoms with Crippen LogP contribution < -0.4 is 11.1 Å². The van der Waals surface area contributed by atoms with Gasteiger partial charge >= 0.3 is 6.09 Å². The monoisotopic (exact) mass is 838 g/mol. The van der Waals surface area contributed by atoms with Crippen molar-refractivity contribution in [3.8, 4) is 33.6 Å². The van der Waals surface area contributed by atoms with Gasteiger partial charge in [-0.3, -0.25) is 9.69 Å². The molecule has 2 aromatic heterocycles. The van der Waals surface area contributed by atoms with Gasteiger partial charge in [0.25, 0.3) is 0 Å². The van der Waals surface area contributed by atoms with Crippen LogP contribution >= 0.6 is 11.8 Å². The predicted octanol–water partition coefficient (Wildman–Crippen LogP) is 9.56. The lowest BCUT2D eigenvalue weighted by atomic mass is 9.98. The fraction of sp³-hybridized carbons (Fsp3) is 0.468. The van der Waals surface area contributed by atoms with E-state index in [4.69, 9.17) is 4.79 Å². The highest BCUT2D eigenvalue weighted by molar-refractivity contribution is 7.99. The molecule has 5 N–H and O–H groups in total. The van der Waals surface area contributed by atoms with Crippen LogP contribution in [0.3, 0.4) is 0 Å². The van der Waals surface area contributed by atoms with E-state index in [-0.39, 0.29) is 25.0 Å². The summed E-state index contributed by atoms with van der Waals surface area (Å²) in [6, 6.07) is 21.8. The highest BCUT2D eigenvalue weighted by Crippen LogP contribution is 2.34. The van der Waals surface area contributed by atoms with Gasteiger partial charge in [0.15, 0.2) is 0 Å². The number of imidazole rings is 2. The smallest absolute Gasteiger partial charge is 0.407 e.